The first kappa shape index (κ1) is 15.3. The molecule has 1 aliphatic heterocycles. The van der Waals surface area contributed by atoms with Crippen LogP contribution in [-0.4, -0.2) is 34.6 Å². The third-order valence-electron chi connectivity index (χ3n) is 3.63. The molecule has 0 atom stereocenters. The molecule has 0 aliphatic carbocycles. The van der Waals surface area contributed by atoms with Crippen molar-refractivity contribution in [3.63, 3.8) is 0 Å². The second-order valence-corrected chi connectivity index (χ2v) is 6.38. The van der Waals surface area contributed by atoms with Crippen LogP contribution in [-0.2, 0) is 0 Å². The van der Waals surface area contributed by atoms with Crippen molar-refractivity contribution in [3.8, 4) is 6.01 Å². The SMILES string of the molecule is CCCOc1nc(Cl)nc(N2CCCC(C)(C)CC2)n1. The molecule has 0 radical (unpaired) electrons. The van der Waals surface area contributed by atoms with Crippen LogP contribution in [0.5, 0.6) is 6.01 Å². The molecule has 1 aromatic heterocycles. The van der Waals surface area contributed by atoms with Gasteiger partial charge in [0.2, 0.25) is 11.2 Å². The maximum atomic E-state index is 5.98. The standard InChI is InChI=1S/C14H23ClN4O/c1-4-10-20-13-17-11(15)16-12(18-13)19-8-5-6-14(2,3)7-9-19/h4-10H2,1-3H3. The molecule has 112 valence electrons. The molecule has 1 saturated heterocycles. The van der Waals surface area contributed by atoms with Gasteiger partial charge in [-0.2, -0.15) is 15.0 Å². The summed E-state index contributed by atoms with van der Waals surface area (Å²) in [5.74, 6) is 0.633. The molecule has 5 nitrogen and oxygen atoms in total. The van der Waals surface area contributed by atoms with Gasteiger partial charge in [0, 0.05) is 13.1 Å². The number of anilines is 1. The van der Waals surface area contributed by atoms with Crippen LogP contribution in [0.2, 0.25) is 5.28 Å². The number of halogens is 1. The van der Waals surface area contributed by atoms with Crippen LogP contribution in [0.1, 0.15) is 46.5 Å². The maximum absolute atomic E-state index is 5.98. The normalized spacial score (nSPS) is 18.7. The van der Waals surface area contributed by atoms with E-state index in [-0.39, 0.29) is 5.28 Å². The summed E-state index contributed by atoms with van der Waals surface area (Å²) in [5.41, 5.74) is 0.382. The maximum Gasteiger partial charge on any atom is 0.322 e. The minimum absolute atomic E-state index is 0.199. The van der Waals surface area contributed by atoms with E-state index in [2.05, 4.69) is 33.7 Å². The van der Waals surface area contributed by atoms with Gasteiger partial charge in [0.05, 0.1) is 6.61 Å². The molecule has 0 amide bonds. The van der Waals surface area contributed by atoms with Crippen molar-refractivity contribution in [2.45, 2.75) is 46.5 Å². The summed E-state index contributed by atoms with van der Waals surface area (Å²) in [4.78, 5) is 14.8. The molecule has 20 heavy (non-hydrogen) atoms. The lowest BCUT2D eigenvalue weighted by molar-refractivity contribution is 0.291. The molecule has 2 rings (SSSR count). The van der Waals surface area contributed by atoms with Crippen LogP contribution in [0.3, 0.4) is 0 Å². The molecular formula is C14H23ClN4O. The Kier molecular flexibility index (Phi) is 5.02. The minimum Gasteiger partial charge on any atom is -0.463 e. The van der Waals surface area contributed by atoms with Gasteiger partial charge in [-0.1, -0.05) is 20.8 Å². The van der Waals surface area contributed by atoms with Gasteiger partial charge in [-0.05, 0) is 42.7 Å². The van der Waals surface area contributed by atoms with E-state index in [9.17, 15) is 0 Å². The molecule has 0 spiro atoms. The average Bonchev–Trinajstić information content (AvgIpc) is 2.57. The number of hydrogen-bond donors (Lipinski definition) is 0. The van der Waals surface area contributed by atoms with Crippen molar-refractivity contribution < 1.29 is 4.74 Å². The van der Waals surface area contributed by atoms with Crippen LogP contribution in [0, 0.1) is 5.41 Å². The van der Waals surface area contributed by atoms with E-state index in [1.807, 2.05) is 6.92 Å². The second-order valence-electron chi connectivity index (χ2n) is 6.04. The third kappa shape index (κ3) is 4.20. The smallest absolute Gasteiger partial charge is 0.322 e. The Bertz CT molecular complexity index is 453. The molecule has 6 heteroatoms. The fraction of sp³-hybridized carbons (Fsp3) is 0.786. The van der Waals surface area contributed by atoms with Gasteiger partial charge in [-0.3, -0.25) is 0 Å². The van der Waals surface area contributed by atoms with Crippen molar-refractivity contribution >= 4 is 17.5 Å². The lowest BCUT2D eigenvalue weighted by Gasteiger charge is -2.23. The van der Waals surface area contributed by atoms with Crippen LogP contribution in [0.15, 0.2) is 0 Å². The fourth-order valence-corrected chi connectivity index (χ4v) is 2.49. The van der Waals surface area contributed by atoms with Gasteiger partial charge in [0.1, 0.15) is 0 Å². The molecule has 0 aromatic carbocycles. The highest BCUT2D eigenvalue weighted by molar-refractivity contribution is 6.28. The summed E-state index contributed by atoms with van der Waals surface area (Å²) in [6.07, 6.45) is 4.40. The molecule has 0 N–H and O–H groups in total. The number of hydrogen-bond acceptors (Lipinski definition) is 5. The number of rotatable bonds is 4. The van der Waals surface area contributed by atoms with Crippen LogP contribution in [0.4, 0.5) is 5.95 Å². The molecule has 1 fully saturated rings. The summed E-state index contributed by atoms with van der Waals surface area (Å²) in [6.45, 7) is 9.16. The van der Waals surface area contributed by atoms with Gasteiger partial charge < -0.3 is 9.64 Å². The van der Waals surface area contributed by atoms with E-state index in [4.69, 9.17) is 16.3 Å². The topological polar surface area (TPSA) is 51.1 Å². The fourth-order valence-electron chi connectivity index (χ4n) is 2.34. The number of nitrogens with zero attached hydrogens (tertiary/aromatic N) is 4. The molecule has 0 unspecified atom stereocenters. The van der Waals surface area contributed by atoms with Crippen molar-refractivity contribution in [2.75, 3.05) is 24.6 Å². The van der Waals surface area contributed by atoms with E-state index in [1.54, 1.807) is 0 Å². The Morgan fingerprint density at radius 1 is 1.20 bits per heavy atom. The third-order valence-corrected chi connectivity index (χ3v) is 3.80. The van der Waals surface area contributed by atoms with Crippen molar-refractivity contribution in [3.05, 3.63) is 5.28 Å². The van der Waals surface area contributed by atoms with Crippen LogP contribution >= 0.6 is 11.6 Å². The lowest BCUT2D eigenvalue weighted by Crippen LogP contribution is -2.27. The van der Waals surface area contributed by atoms with Crippen LogP contribution < -0.4 is 9.64 Å². The highest BCUT2D eigenvalue weighted by Crippen LogP contribution is 2.31. The minimum atomic E-state index is 0.199. The van der Waals surface area contributed by atoms with E-state index in [1.165, 1.54) is 6.42 Å². The first-order valence-electron chi connectivity index (χ1n) is 7.29. The summed E-state index contributed by atoms with van der Waals surface area (Å²) in [7, 11) is 0. The second kappa shape index (κ2) is 6.57. The summed E-state index contributed by atoms with van der Waals surface area (Å²) >= 11 is 5.98. The predicted octanol–water partition coefficient (Wildman–Crippen LogP) is 3.33. The van der Waals surface area contributed by atoms with E-state index >= 15 is 0 Å². The molecule has 1 aromatic rings. The van der Waals surface area contributed by atoms with Crippen molar-refractivity contribution in [1.29, 1.82) is 0 Å². The Morgan fingerprint density at radius 3 is 2.75 bits per heavy atom. The quantitative estimate of drug-likeness (QED) is 0.853. The average molecular weight is 299 g/mol. The zero-order valence-electron chi connectivity index (χ0n) is 12.5. The van der Waals surface area contributed by atoms with Gasteiger partial charge in [0.15, 0.2) is 0 Å². The van der Waals surface area contributed by atoms with E-state index < -0.39 is 0 Å². The van der Waals surface area contributed by atoms with Gasteiger partial charge in [0.25, 0.3) is 0 Å². The Morgan fingerprint density at radius 2 is 2.00 bits per heavy atom. The largest absolute Gasteiger partial charge is 0.463 e. The van der Waals surface area contributed by atoms with E-state index in [0.29, 0.717) is 24.0 Å². The predicted molar refractivity (Wildman–Crippen MR) is 80.5 cm³/mol. The zero-order valence-corrected chi connectivity index (χ0v) is 13.3. The Labute approximate surface area is 125 Å². The monoisotopic (exact) mass is 298 g/mol. The van der Waals surface area contributed by atoms with Crippen molar-refractivity contribution in [2.24, 2.45) is 5.41 Å². The van der Waals surface area contributed by atoms with Crippen molar-refractivity contribution in [1.82, 2.24) is 15.0 Å². The Balaban J connectivity index is 2.13. The summed E-state index contributed by atoms with van der Waals surface area (Å²) in [5, 5.41) is 0.199. The molecule has 0 saturated carbocycles. The number of ether oxygens (including phenoxy) is 1. The zero-order chi connectivity index (χ0) is 14.6. The van der Waals surface area contributed by atoms with E-state index in [0.717, 1.165) is 32.4 Å². The highest BCUT2D eigenvalue weighted by Gasteiger charge is 2.24. The number of aromatic nitrogens is 3. The lowest BCUT2D eigenvalue weighted by atomic mass is 9.85. The summed E-state index contributed by atoms with van der Waals surface area (Å²) < 4.78 is 5.47. The Hall–Kier alpha value is -1.10. The van der Waals surface area contributed by atoms with Gasteiger partial charge >= 0.3 is 6.01 Å². The van der Waals surface area contributed by atoms with Gasteiger partial charge in [-0.15, -0.1) is 0 Å². The molecule has 0 bridgehead atoms. The first-order valence-corrected chi connectivity index (χ1v) is 7.67. The first-order chi connectivity index (χ1) is 9.50. The molecular weight excluding hydrogens is 276 g/mol. The highest BCUT2D eigenvalue weighted by atomic mass is 35.5. The molecule has 2 heterocycles. The van der Waals surface area contributed by atoms with Crippen LogP contribution in [0.25, 0.3) is 0 Å². The van der Waals surface area contributed by atoms with Gasteiger partial charge in [-0.25, -0.2) is 0 Å². The molecule has 1 aliphatic rings. The summed E-state index contributed by atoms with van der Waals surface area (Å²) in [6, 6.07) is 0.324.